The number of aromatic nitrogens is 3. The standard InChI is InChI=1S/C11H14N4/c1-9(15-7-13-14-8-15)11-4-2-10(6-12)3-5-11/h2-5,7-9H,6,12H2,1H3. The molecule has 4 nitrogen and oxygen atoms in total. The average molecular weight is 202 g/mol. The number of rotatable bonds is 3. The van der Waals surface area contributed by atoms with Gasteiger partial charge in [0.15, 0.2) is 0 Å². The summed E-state index contributed by atoms with van der Waals surface area (Å²) in [5.74, 6) is 0. The van der Waals surface area contributed by atoms with E-state index in [0.717, 1.165) is 5.56 Å². The summed E-state index contributed by atoms with van der Waals surface area (Å²) in [4.78, 5) is 0. The van der Waals surface area contributed by atoms with E-state index in [4.69, 9.17) is 5.73 Å². The van der Waals surface area contributed by atoms with Crippen LogP contribution in [0.2, 0.25) is 0 Å². The van der Waals surface area contributed by atoms with Crippen LogP contribution in [0, 0.1) is 0 Å². The quantitative estimate of drug-likeness (QED) is 0.817. The lowest BCUT2D eigenvalue weighted by Crippen LogP contribution is -2.04. The Bertz CT molecular complexity index is 405. The van der Waals surface area contributed by atoms with Crippen molar-refractivity contribution in [2.75, 3.05) is 0 Å². The first-order valence-electron chi connectivity index (χ1n) is 4.94. The number of nitrogens with two attached hydrogens (primary N) is 1. The average Bonchev–Trinajstić information content (AvgIpc) is 2.82. The first-order chi connectivity index (χ1) is 7.31. The van der Waals surface area contributed by atoms with Gasteiger partial charge in [0, 0.05) is 6.54 Å². The molecule has 1 aromatic carbocycles. The van der Waals surface area contributed by atoms with Gasteiger partial charge in [-0.25, -0.2) is 0 Å². The molecule has 2 aromatic rings. The van der Waals surface area contributed by atoms with Crippen LogP contribution in [0.15, 0.2) is 36.9 Å². The van der Waals surface area contributed by atoms with E-state index in [9.17, 15) is 0 Å². The molecule has 78 valence electrons. The van der Waals surface area contributed by atoms with Gasteiger partial charge < -0.3 is 10.3 Å². The molecule has 0 aliphatic rings. The summed E-state index contributed by atoms with van der Waals surface area (Å²) in [5, 5.41) is 7.59. The van der Waals surface area contributed by atoms with Gasteiger partial charge in [-0.15, -0.1) is 10.2 Å². The molecule has 0 radical (unpaired) electrons. The third-order valence-corrected chi connectivity index (χ3v) is 2.58. The summed E-state index contributed by atoms with van der Waals surface area (Å²) in [6.45, 7) is 2.70. The second kappa shape index (κ2) is 4.23. The fourth-order valence-corrected chi connectivity index (χ4v) is 1.51. The topological polar surface area (TPSA) is 56.7 Å². The van der Waals surface area contributed by atoms with Crippen LogP contribution in [0.5, 0.6) is 0 Å². The molecular weight excluding hydrogens is 188 g/mol. The van der Waals surface area contributed by atoms with Gasteiger partial charge in [-0.1, -0.05) is 24.3 Å². The lowest BCUT2D eigenvalue weighted by atomic mass is 10.1. The second-order valence-electron chi connectivity index (χ2n) is 3.53. The molecule has 0 aliphatic heterocycles. The van der Waals surface area contributed by atoms with Crippen LogP contribution in [0.3, 0.4) is 0 Å². The Kier molecular flexibility index (Phi) is 2.78. The molecule has 0 aliphatic carbocycles. The molecule has 4 heteroatoms. The van der Waals surface area contributed by atoms with Crippen LogP contribution in [-0.4, -0.2) is 14.8 Å². The predicted molar refractivity (Wildman–Crippen MR) is 58.2 cm³/mol. The SMILES string of the molecule is CC(c1ccc(CN)cc1)n1cnnc1. The normalized spacial score (nSPS) is 12.7. The smallest absolute Gasteiger partial charge is 0.119 e. The first kappa shape index (κ1) is 9.86. The van der Waals surface area contributed by atoms with Crippen molar-refractivity contribution in [3.63, 3.8) is 0 Å². The van der Waals surface area contributed by atoms with Gasteiger partial charge >= 0.3 is 0 Å². The van der Waals surface area contributed by atoms with E-state index in [1.165, 1.54) is 5.56 Å². The summed E-state index contributed by atoms with van der Waals surface area (Å²) in [6.07, 6.45) is 3.45. The van der Waals surface area contributed by atoms with Gasteiger partial charge in [-0.05, 0) is 18.1 Å². The monoisotopic (exact) mass is 202 g/mol. The van der Waals surface area contributed by atoms with Crippen molar-refractivity contribution in [3.8, 4) is 0 Å². The molecule has 0 fully saturated rings. The highest BCUT2D eigenvalue weighted by atomic mass is 15.2. The molecule has 1 unspecified atom stereocenters. The van der Waals surface area contributed by atoms with Crippen molar-refractivity contribution >= 4 is 0 Å². The number of hydrogen-bond donors (Lipinski definition) is 1. The second-order valence-corrected chi connectivity index (χ2v) is 3.53. The molecular formula is C11H14N4. The van der Waals surface area contributed by atoms with Crippen LogP contribution in [0.4, 0.5) is 0 Å². The number of nitrogens with zero attached hydrogens (tertiary/aromatic N) is 3. The molecule has 2 N–H and O–H groups in total. The minimum Gasteiger partial charge on any atom is -0.326 e. The maximum absolute atomic E-state index is 5.55. The van der Waals surface area contributed by atoms with Crippen molar-refractivity contribution in [3.05, 3.63) is 48.0 Å². The highest BCUT2D eigenvalue weighted by Crippen LogP contribution is 2.17. The maximum atomic E-state index is 5.55. The van der Waals surface area contributed by atoms with E-state index < -0.39 is 0 Å². The summed E-state index contributed by atoms with van der Waals surface area (Å²) in [7, 11) is 0. The maximum Gasteiger partial charge on any atom is 0.119 e. The van der Waals surface area contributed by atoms with Crippen molar-refractivity contribution < 1.29 is 0 Å². The van der Waals surface area contributed by atoms with Crippen LogP contribution in [0.1, 0.15) is 24.1 Å². The van der Waals surface area contributed by atoms with E-state index >= 15 is 0 Å². The third kappa shape index (κ3) is 2.05. The fraction of sp³-hybridized carbons (Fsp3) is 0.273. The predicted octanol–water partition coefficient (Wildman–Crippen LogP) is 1.35. The summed E-state index contributed by atoms with van der Waals surface area (Å²) in [5.41, 5.74) is 7.92. The Hall–Kier alpha value is -1.68. The lowest BCUT2D eigenvalue weighted by molar-refractivity contribution is 0.636. The van der Waals surface area contributed by atoms with Gasteiger partial charge in [-0.2, -0.15) is 0 Å². The fourth-order valence-electron chi connectivity index (χ4n) is 1.51. The minimum absolute atomic E-state index is 0.256. The lowest BCUT2D eigenvalue weighted by Gasteiger charge is -2.12. The molecule has 0 spiro atoms. The van der Waals surface area contributed by atoms with Gasteiger partial charge in [-0.3, -0.25) is 0 Å². The van der Waals surface area contributed by atoms with Gasteiger partial charge in [0.2, 0.25) is 0 Å². The van der Waals surface area contributed by atoms with E-state index in [1.807, 2.05) is 4.57 Å². The highest BCUT2D eigenvalue weighted by molar-refractivity contribution is 5.24. The van der Waals surface area contributed by atoms with Gasteiger partial charge in [0.25, 0.3) is 0 Å². The van der Waals surface area contributed by atoms with Crippen molar-refractivity contribution in [1.82, 2.24) is 14.8 Å². The Labute approximate surface area is 88.8 Å². The van der Waals surface area contributed by atoms with Crippen molar-refractivity contribution in [2.24, 2.45) is 5.73 Å². The Balaban J connectivity index is 2.22. The zero-order chi connectivity index (χ0) is 10.7. The van der Waals surface area contributed by atoms with Gasteiger partial charge in [0.1, 0.15) is 12.7 Å². The van der Waals surface area contributed by atoms with Crippen molar-refractivity contribution in [2.45, 2.75) is 19.5 Å². The number of benzene rings is 1. The van der Waals surface area contributed by atoms with E-state index in [1.54, 1.807) is 12.7 Å². The first-order valence-corrected chi connectivity index (χ1v) is 4.94. The van der Waals surface area contributed by atoms with Gasteiger partial charge in [0.05, 0.1) is 6.04 Å². The van der Waals surface area contributed by atoms with E-state index in [-0.39, 0.29) is 6.04 Å². The molecule has 0 saturated heterocycles. The minimum atomic E-state index is 0.256. The molecule has 0 amide bonds. The third-order valence-electron chi connectivity index (χ3n) is 2.58. The Morgan fingerprint density at radius 3 is 2.33 bits per heavy atom. The Morgan fingerprint density at radius 1 is 1.20 bits per heavy atom. The van der Waals surface area contributed by atoms with Crippen LogP contribution < -0.4 is 5.73 Å². The zero-order valence-corrected chi connectivity index (χ0v) is 8.67. The molecule has 15 heavy (non-hydrogen) atoms. The molecule has 1 atom stereocenters. The van der Waals surface area contributed by atoms with Crippen LogP contribution in [0.25, 0.3) is 0 Å². The molecule has 0 bridgehead atoms. The molecule has 1 heterocycles. The van der Waals surface area contributed by atoms with Crippen LogP contribution >= 0.6 is 0 Å². The van der Waals surface area contributed by atoms with E-state index in [2.05, 4.69) is 41.4 Å². The largest absolute Gasteiger partial charge is 0.326 e. The highest BCUT2D eigenvalue weighted by Gasteiger charge is 2.06. The molecule has 0 saturated carbocycles. The summed E-state index contributed by atoms with van der Waals surface area (Å²) >= 11 is 0. The van der Waals surface area contributed by atoms with E-state index in [0.29, 0.717) is 6.54 Å². The summed E-state index contributed by atoms with van der Waals surface area (Å²) < 4.78 is 1.97. The number of hydrogen-bond acceptors (Lipinski definition) is 3. The molecule has 1 aromatic heterocycles. The molecule has 2 rings (SSSR count). The zero-order valence-electron chi connectivity index (χ0n) is 8.67. The van der Waals surface area contributed by atoms with Crippen LogP contribution in [-0.2, 0) is 6.54 Å². The Morgan fingerprint density at radius 2 is 1.80 bits per heavy atom. The van der Waals surface area contributed by atoms with Crippen molar-refractivity contribution in [1.29, 1.82) is 0 Å². The summed E-state index contributed by atoms with van der Waals surface area (Å²) in [6, 6.07) is 8.54.